The summed E-state index contributed by atoms with van der Waals surface area (Å²) in [5.41, 5.74) is 7.52. The number of hydrogen-bond donors (Lipinski definition) is 1. The molecule has 2 N–H and O–H groups in total. The van der Waals surface area contributed by atoms with Crippen LogP contribution in [-0.2, 0) is 16.1 Å². The molecule has 6 nitrogen and oxygen atoms in total. The molecule has 29 heavy (non-hydrogen) atoms. The highest BCUT2D eigenvalue weighted by Gasteiger charge is 2.37. The monoisotopic (exact) mass is 417 g/mol. The van der Waals surface area contributed by atoms with Gasteiger partial charge in [-0.2, -0.15) is 0 Å². The lowest BCUT2D eigenvalue weighted by molar-refractivity contribution is -0.136. The van der Waals surface area contributed by atoms with Gasteiger partial charge in [0.25, 0.3) is 0 Å². The standard InChI is InChI=1S/C22H27N3O3.ClH/c1-28-20-10-8-19(9-11-20)25-16-18(14-21(25)26)22(27)24(13-5-12-23)15-17-6-3-2-4-7-17;/h2-4,6-11,18H,5,12-16,23H2,1H3;1H. The minimum Gasteiger partial charge on any atom is -0.497 e. The minimum atomic E-state index is -0.337. The summed E-state index contributed by atoms with van der Waals surface area (Å²) in [5, 5.41) is 0. The van der Waals surface area contributed by atoms with Crippen molar-refractivity contribution in [3.63, 3.8) is 0 Å². The summed E-state index contributed by atoms with van der Waals surface area (Å²) < 4.78 is 5.17. The molecule has 0 aliphatic carbocycles. The summed E-state index contributed by atoms with van der Waals surface area (Å²) >= 11 is 0. The zero-order valence-electron chi connectivity index (χ0n) is 16.6. The van der Waals surface area contributed by atoms with Crippen LogP contribution in [-0.4, -0.2) is 43.5 Å². The van der Waals surface area contributed by atoms with Gasteiger partial charge in [-0.05, 0) is 42.8 Å². The number of benzene rings is 2. The smallest absolute Gasteiger partial charge is 0.228 e. The summed E-state index contributed by atoms with van der Waals surface area (Å²) in [4.78, 5) is 29.2. The number of halogens is 1. The molecule has 0 saturated carbocycles. The number of hydrogen-bond acceptors (Lipinski definition) is 4. The third-order valence-electron chi connectivity index (χ3n) is 5.02. The fourth-order valence-corrected chi connectivity index (χ4v) is 3.50. The lowest BCUT2D eigenvalue weighted by atomic mass is 10.1. The molecule has 7 heteroatoms. The van der Waals surface area contributed by atoms with Crippen LogP contribution in [0.3, 0.4) is 0 Å². The zero-order chi connectivity index (χ0) is 19.9. The topological polar surface area (TPSA) is 75.9 Å². The Hall–Kier alpha value is -2.57. The van der Waals surface area contributed by atoms with Crippen molar-refractivity contribution >= 4 is 29.9 Å². The highest BCUT2D eigenvalue weighted by molar-refractivity contribution is 6.00. The van der Waals surface area contributed by atoms with Gasteiger partial charge in [0, 0.05) is 31.7 Å². The Morgan fingerprint density at radius 1 is 1.17 bits per heavy atom. The van der Waals surface area contributed by atoms with Gasteiger partial charge in [-0.1, -0.05) is 30.3 Å². The number of carbonyl (C=O) groups excluding carboxylic acids is 2. The maximum Gasteiger partial charge on any atom is 0.228 e. The first-order chi connectivity index (χ1) is 13.6. The van der Waals surface area contributed by atoms with Crippen molar-refractivity contribution in [2.45, 2.75) is 19.4 Å². The third kappa shape index (κ3) is 5.71. The molecule has 1 saturated heterocycles. The van der Waals surface area contributed by atoms with Crippen molar-refractivity contribution in [1.82, 2.24) is 4.90 Å². The Morgan fingerprint density at radius 2 is 1.86 bits per heavy atom. The summed E-state index contributed by atoms with van der Waals surface area (Å²) in [6, 6.07) is 17.2. The first kappa shape index (κ1) is 22.7. The van der Waals surface area contributed by atoms with Gasteiger partial charge in [0.2, 0.25) is 11.8 Å². The maximum absolute atomic E-state index is 13.2. The van der Waals surface area contributed by atoms with E-state index in [1.54, 1.807) is 12.0 Å². The van der Waals surface area contributed by atoms with E-state index in [0.717, 1.165) is 23.4 Å². The van der Waals surface area contributed by atoms with Gasteiger partial charge >= 0.3 is 0 Å². The van der Waals surface area contributed by atoms with Crippen LogP contribution in [0.1, 0.15) is 18.4 Å². The van der Waals surface area contributed by atoms with Crippen LogP contribution in [0.2, 0.25) is 0 Å². The minimum absolute atomic E-state index is 0. The van der Waals surface area contributed by atoms with E-state index in [1.165, 1.54) is 0 Å². The summed E-state index contributed by atoms with van der Waals surface area (Å²) in [6.07, 6.45) is 0.972. The Labute approximate surface area is 178 Å². The predicted octanol–water partition coefficient (Wildman–Crippen LogP) is 2.85. The predicted molar refractivity (Wildman–Crippen MR) is 116 cm³/mol. The second kappa shape index (κ2) is 10.8. The van der Waals surface area contributed by atoms with Gasteiger partial charge in [0.15, 0.2) is 0 Å². The van der Waals surface area contributed by atoms with E-state index in [4.69, 9.17) is 10.5 Å². The summed E-state index contributed by atoms with van der Waals surface area (Å²) in [5.74, 6) is 0.388. The van der Waals surface area contributed by atoms with Crippen LogP contribution < -0.4 is 15.4 Å². The molecule has 1 aliphatic rings. The lowest BCUT2D eigenvalue weighted by Crippen LogP contribution is -2.38. The van der Waals surface area contributed by atoms with Crippen molar-refractivity contribution in [1.29, 1.82) is 0 Å². The molecule has 3 rings (SSSR count). The number of methoxy groups -OCH3 is 1. The quantitative estimate of drug-likeness (QED) is 0.716. The molecule has 1 atom stereocenters. The van der Waals surface area contributed by atoms with Gasteiger partial charge in [-0.25, -0.2) is 0 Å². The molecule has 1 heterocycles. The van der Waals surface area contributed by atoms with Gasteiger partial charge in [-0.3, -0.25) is 9.59 Å². The molecule has 2 amide bonds. The van der Waals surface area contributed by atoms with Crippen LogP contribution in [0.5, 0.6) is 5.75 Å². The van der Waals surface area contributed by atoms with E-state index >= 15 is 0 Å². The first-order valence-corrected chi connectivity index (χ1v) is 9.59. The third-order valence-corrected chi connectivity index (χ3v) is 5.02. The van der Waals surface area contributed by atoms with E-state index in [-0.39, 0.29) is 36.6 Å². The van der Waals surface area contributed by atoms with Crippen molar-refractivity contribution < 1.29 is 14.3 Å². The van der Waals surface area contributed by atoms with E-state index in [2.05, 4.69) is 0 Å². The summed E-state index contributed by atoms with van der Waals surface area (Å²) in [7, 11) is 1.60. The molecule has 1 unspecified atom stereocenters. The van der Waals surface area contributed by atoms with Crippen LogP contribution in [0.25, 0.3) is 0 Å². The number of ether oxygens (including phenoxy) is 1. The van der Waals surface area contributed by atoms with Gasteiger partial charge in [-0.15, -0.1) is 12.4 Å². The van der Waals surface area contributed by atoms with Crippen LogP contribution in [0.15, 0.2) is 54.6 Å². The average molecular weight is 418 g/mol. The van der Waals surface area contributed by atoms with Crippen LogP contribution in [0, 0.1) is 5.92 Å². The Kier molecular flexibility index (Phi) is 8.49. The molecule has 1 fully saturated rings. The highest BCUT2D eigenvalue weighted by Crippen LogP contribution is 2.28. The number of rotatable bonds is 8. The van der Waals surface area contributed by atoms with E-state index in [1.807, 2.05) is 59.5 Å². The number of amides is 2. The largest absolute Gasteiger partial charge is 0.497 e. The molecule has 0 aromatic heterocycles. The molecule has 2 aromatic carbocycles. The zero-order valence-corrected chi connectivity index (χ0v) is 17.4. The van der Waals surface area contributed by atoms with E-state index < -0.39 is 0 Å². The van der Waals surface area contributed by atoms with Crippen molar-refractivity contribution in [2.24, 2.45) is 11.7 Å². The molecule has 0 radical (unpaired) electrons. The Balaban J connectivity index is 0.00000300. The van der Waals surface area contributed by atoms with Gasteiger partial charge < -0.3 is 20.3 Å². The average Bonchev–Trinajstić information content (AvgIpc) is 3.13. The van der Waals surface area contributed by atoms with Crippen molar-refractivity contribution in [2.75, 3.05) is 31.6 Å². The van der Waals surface area contributed by atoms with Crippen molar-refractivity contribution in [3.05, 3.63) is 60.2 Å². The molecular weight excluding hydrogens is 390 g/mol. The number of anilines is 1. The Bertz CT molecular complexity index is 799. The number of nitrogens with two attached hydrogens (primary N) is 1. The van der Waals surface area contributed by atoms with Gasteiger partial charge in [0.05, 0.1) is 13.0 Å². The maximum atomic E-state index is 13.2. The number of carbonyl (C=O) groups is 2. The van der Waals surface area contributed by atoms with E-state index in [9.17, 15) is 9.59 Å². The normalized spacial score (nSPS) is 15.7. The molecule has 0 bridgehead atoms. The lowest BCUT2D eigenvalue weighted by Gasteiger charge is -2.26. The van der Waals surface area contributed by atoms with Crippen LogP contribution in [0.4, 0.5) is 5.69 Å². The molecular formula is C22H28ClN3O3. The molecule has 0 spiro atoms. The van der Waals surface area contributed by atoms with Gasteiger partial charge in [0.1, 0.15) is 5.75 Å². The molecule has 2 aromatic rings. The Morgan fingerprint density at radius 3 is 2.48 bits per heavy atom. The summed E-state index contributed by atoms with van der Waals surface area (Å²) in [6.45, 7) is 2.06. The number of nitrogens with zero attached hydrogens (tertiary/aromatic N) is 2. The van der Waals surface area contributed by atoms with Crippen molar-refractivity contribution in [3.8, 4) is 5.75 Å². The molecule has 156 valence electrons. The first-order valence-electron chi connectivity index (χ1n) is 9.59. The second-order valence-corrected chi connectivity index (χ2v) is 6.99. The van der Waals surface area contributed by atoms with Crippen LogP contribution >= 0.6 is 12.4 Å². The van der Waals surface area contributed by atoms with E-state index in [0.29, 0.717) is 26.2 Å². The highest BCUT2D eigenvalue weighted by atomic mass is 35.5. The molecule has 1 aliphatic heterocycles. The fraction of sp³-hybridized carbons (Fsp3) is 0.364. The fourth-order valence-electron chi connectivity index (χ4n) is 3.50. The second-order valence-electron chi connectivity index (χ2n) is 6.99. The SMILES string of the molecule is COc1ccc(N2CC(C(=O)N(CCCN)Cc3ccccc3)CC2=O)cc1.Cl.